The number of carbonyl (C=O) groups is 1. The largest absolute Gasteiger partial charge is 0.453 e. The molecule has 2 fully saturated rings. The first-order valence-electron chi connectivity index (χ1n) is 5.55. The van der Waals surface area contributed by atoms with Crippen LogP contribution in [-0.2, 0) is 4.74 Å². The fourth-order valence-electron chi connectivity index (χ4n) is 2.83. The molecule has 15 heavy (non-hydrogen) atoms. The van der Waals surface area contributed by atoms with E-state index in [1.165, 1.54) is 7.11 Å². The van der Waals surface area contributed by atoms with Gasteiger partial charge in [0.1, 0.15) is 0 Å². The van der Waals surface area contributed by atoms with E-state index in [1.807, 2.05) is 4.90 Å². The molecule has 4 nitrogen and oxygen atoms in total. The molecule has 0 spiro atoms. The van der Waals surface area contributed by atoms with E-state index in [2.05, 4.69) is 25.7 Å². The zero-order valence-electron chi connectivity index (χ0n) is 9.99. The van der Waals surface area contributed by atoms with Crippen molar-refractivity contribution in [2.24, 2.45) is 0 Å². The first kappa shape index (κ1) is 10.7. The second kappa shape index (κ2) is 3.37. The molecule has 2 heterocycles. The molecule has 0 aromatic carbocycles. The number of methoxy groups -OCH3 is 1. The molecule has 2 rings (SSSR count). The van der Waals surface area contributed by atoms with Gasteiger partial charge >= 0.3 is 6.09 Å². The Hall–Kier alpha value is -0.770. The van der Waals surface area contributed by atoms with Crippen molar-refractivity contribution in [3.8, 4) is 0 Å². The van der Waals surface area contributed by atoms with Crippen LogP contribution in [0.3, 0.4) is 0 Å². The van der Waals surface area contributed by atoms with Crippen LogP contribution in [0.25, 0.3) is 0 Å². The fourth-order valence-corrected chi connectivity index (χ4v) is 2.83. The molecule has 2 atom stereocenters. The normalized spacial score (nSPS) is 31.1. The van der Waals surface area contributed by atoms with Gasteiger partial charge in [0.05, 0.1) is 7.11 Å². The fraction of sp³-hybridized carbons (Fsp3) is 0.909. The molecule has 0 radical (unpaired) electrons. The van der Waals surface area contributed by atoms with Crippen LogP contribution in [0, 0.1) is 0 Å². The predicted octanol–water partition coefficient (Wildman–Crippen LogP) is 1.31. The van der Waals surface area contributed by atoms with E-state index in [1.54, 1.807) is 0 Å². The van der Waals surface area contributed by atoms with Gasteiger partial charge < -0.3 is 9.64 Å². The van der Waals surface area contributed by atoms with Crippen LogP contribution in [0.2, 0.25) is 0 Å². The van der Waals surface area contributed by atoms with E-state index in [0.717, 1.165) is 19.5 Å². The summed E-state index contributed by atoms with van der Waals surface area (Å²) in [5, 5.41) is 0. The first-order chi connectivity index (χ1) is 6.93. The van der Waals surface area contributed by atoms with Crippen molar-refractivity contribution in [1.82, 2.24) is 9.80 Å². The number of rotatable bonds is 0. The number of amides is 1. The summed E-state index contributed by atoms with van der Waals surface area (Å²) in [6.45, 7) is 8.51. The highest BCUT2D eigenvalue weighted by Crippen LogP contribution is 2.35. The molecule has 2 aliphatic heterocycles. The lowest BCUT2D eigenvalue weighted by Gasteiger charge is -2.41. The summed E-state index contributed by atoms with van der Waals surface area (Å²) in [4.78, 5) is 15.8. The topological polar surface area (TPSA) is 32.8 Å². The molecule has 4 heteroatoms. The number of fused-ring (bicyclic) bond motifs is 2. The molecule has 0 N–H and O–H groups in total. The lowest BCUT2D eigenvalue weighted by molar-refractivity contribution is 0.0500. The second-order valence-electron chi connectivity index (χ2n) is 5.49. The van der Waals surface area contributed by atoms with Gasteiger partial charge in [-0.2, -0.15) is 0 Å². The summed E-state index contributed by atoms with van der Waals surface area (Å²) < 4.78 is 4.78. The lowest BCUT2D eigenvalue weighted by atomic mass is 10.0. The molecule has 2 aliphatic rings. The van der Waals surface area contributed by atoms with E-state index in [-0.39, 0.29) is 11.6 Å². The average Bonchev–Trinajstić information content (AvgIpc) is 2.73. The molecular formula is C11H20N2O2. The van der Waals surface area contributed by atoms with Crippen molar-refractivity contribution in [2.75, 3.05) is 20.2 Å². The SMILES string of the molecule is COC(=O)N1CC2CC1CN2C(C)(C)C. The molecule has 86 valence electrons. The van der Waals surface area contributed by atoms with E-state index in [9.17, 15) is 4.79 Å². The van der Waals surface area contributed by atoms with Crippen LogP contribution >= 0.6 is 0 Å². The standard InChI is InChI=1S/C11H20N2O2/c1-11(2,3)13-7-8-5-9(13)6-12(8)10(14)15-4/h8-9H,5-7H2,1-4H3. The van der Waals surface area contributed by atoms with Crippen LogP contribution in [0.4, 0.5) is 4.79 Å². The third-order valence-corrected chi connectivity index (χ3v) is 3.51. The number of nitrogens with zero attached hydrogens (tertiary/aromatic N) is 2. The van der Waals surface area contributed by atoms with Crippen molar-refractivity contribution in [1.29, 1.82) is 0 Å². The van der Waals surface area contributed by atoms with Crippen molar-refractivity contribution < 1.29 is 9.53 Å². The highest BCUT2D eigenvalue weighted by molar-refractivity contribution is 5.68. The number of carbonyl (C=O) groups excluding carboxylic acids is 1. The minimum atomic E-state index is -0.170. The summed E-state index contributed by atoms with van der Waals surface area (Å²) in [5.41, 5.74) is 0.210. The van der Waals surface area contributed by atoms with E-state index in [4.69, 9.17) is 4.74 Å². The maximum atomic E-state index is 11.4. The highest BCUT2D eigenvalue weighted by atomic mass is 16.5. The molecule has 2 bridgehead atoms. The summed E-state index contributed by atoms with van der Waals surface area (Å²) in [5.74, 6) is 0. The molecule has 2 unspecified atom stereocenters. The molecule has 1 amide bonds. The smallest absolute Gasteiger partial charge is 0.409 e. The van der Waals surface area contributed by atoms with E-state index < -0.39 is 0 Å². The quantitative estimate of drug-likeness (QED) is 0.607. The first-order valence-corrected chi connectivity index (χ1v) is 5.55. The van der Waals surface area contributed by atoms with Crippen molar-refractivity contribution in [3.05, 3.63) is 0 Å². The Morgan fingerprint density at radius 3 is 2.33 bits per heavy atom. The molecule has 0 aromatic rings. The van der Waals surface area contributed by atoms with Gasteiger partial charge in [-0.25, -0.2) is 4.79 Å². The van der Waals surface area contributed by atoms with Gasteiger partial charge in [-0.15, -0.1) is 0 Å². The van der Waals surface area contributed by atoms with Gasteiger partial charge in [0.15, 0.2) is 0 Å². The molecule has 0 aromatic heterocycles. The zero-order valence-corrected chi connectivity index (χ0v) is 9.99. The number of ether oxygens (including phenoxy) is 1. The van der Waals surface area contributed by atoms with Gasteiger partial charge in [0.2, 0.25) is 0 Å². The molecule has 2 saturated heterocycles. The van der Waals surface area contributed by atoms with Gasteiger partial charge in [-0.3, -0.25) is 4.90 Å². The third kappa shape index (κ3) is 1.71. The summed E-state index contributed by atoms with van der Waals surface area (Å²) in [7, 11) is 1.45. The maximum absolute atomic E-state index is 11.4. The minimum absolute atomic E-state index is 0.170. The Balaban J connectivity index is 2.03. The van der Waals surface area contributed by atoms with Crippen molar-refractivity contribution in [2.45, 2.75) is 44.8 Å². The Morgan fingerprint density at radius 2 is 1.93 bits per heavy atom. The summed E-state index contributed by atoms with van der Waals surface area (Å²) in [6.07, 6.45) is 0.933. The predicted molar refractivity (Wildman–Crippen MR) is 57.8 cm³/mol. The maximum Gasteiger partial charge on any atom is 0.409 e. The molecular weight excluding hydrogens is 192 g/mol. The lowest BCUT2D eigenvalue weighted by Crippen LogP contribution is -2.54. The molecule has 0 aliphatic carbocycles. The van der Waals surface area contributed by atoms with Gasteiger partial charge in [0, 0.05) is 30.7 Å². The van der Waals surface area contributed by atoms with E-state index >= 15 is 0 Å². The zero-order chi connectivity index (χ0) is 11.2. The van der Waals surface area contributed by atoms with Gasteiger partial charge in [-0.1, -0.05) is 0 Å². The summed E-state index contributed by atoms with van der Waals surface area (Å²) in [6, 6.07) is 0.885. The highest BCUT2D eigenvalue weighted by Gasteiger charge is 2.48. The van der Waals surface area contributed by atoms with Crippen LogP contribution in [0.1, 0.15) is 27.2 Å². The van der Waals surface area contributed by atoms with Crippen LogP contribution in [0.15, 0.2) is 0 Å². The van der Waals surface area contributed by atoms with Crippen molar-refractivity contribution in [3.63, 3.8) is 0 Å². The Bertz CT molecular complexity index is 272. The van der Waals surface area contributed by atoms with Crippen LogP contribution in [-0.4, -0.2) is 53.7 Å². The molecule has 0 saturated carbocycles. The minimum Gasteiger partial charge on any atom is -0.453 e. The third-order valence-electron chi connectivity index (χ3n) is 3.51. The monoisotopic (exact) mass is 212 g/mol. The number of hydrogen-bond acceptors (Lipinski definition) is 3. The number of piperazine rings is 1. The Kier molecular flexibility index (Phi) is 2.41. The van der Waals surface area contributed by atoms with Crippen LogP contribution < -0.4 is 0 Å². The number of likely N-dealkylation sites (tertiary alicyclic amines) is 2. The Labute approximate surface area is 91.2 Å². The van der Waals surface area contributed by atoms with Crippen molar-refractivity contribution >= 4 is 6.09 Å². The van der Waals surface area contributed by atoms with Gasteiger partial charge in [-0.05, 0) is 27.2 Å². The van der Waals surface area contributed by atoms with Gasteiger partial charge in [0.25, 0.3) is 0 Å². The second-order valence-corrected chi connectivity index (χ2v) is 5.49. The summed E-state index contributed by atoms with van der Waals surface area (Å²) >= 11 is 0. The van der Waals surface area contributed by atoms with Crippen LogP contribution in [0.5, 0.6) is 0 Å². The number of hydrogen-bond donors (Lipinski definition) is 0. The average molecular weight is 212 g/mol. The Morgan fingerprint density at radius 1 is 1.27 bits per heavy atom. The van der Waals surface area contributed by atoms with E-state index in [0.29, 0.717) is 12.1 Å².